The van der Waals surface area contributed by atoms with Gasteiger partial charge in [0.25, 0.3) is 0 Å². The number of nitrogens with two attached hydrogens (primary N) is 1. The van der Waals surface area contributed by atoms with Gasteiger partial charge in [-0.05, 0) is 25.3 Å². The summed E-state index contributed by atoms with van der Waals surface area (Å²) in [5.74, 6) is 0.455. The average Bonchev–Trinajstić information content (AvgIpc) is 2.24. The zero-order valence-electron chi connectivity index (χ0n) is 11.8. The van der Waals surface area contributed by atoms with Crippen LogP contribution >= 0.6 is 0 Å². The van der Waals surface area contributed by atoms with Crippen LogP contribution in [0.3, 0.4) is 0 Å². The van der Waals surface area contributed by atoms with Gasteiger partial charge in [-0.2, -0.15) is 0 Å². The van der Waals surface area contributed by atoms with E-state index in [0.717, 1.165) is 25.8 Å². The molecule has 4 nitrogen and oxygen atoms in total. The normalized spacial score (nSPS) is 13.1. The Labute approximate surface area is 106 Å². The third-order valence-corrected chi connectivity index (χ3v) is 2.52. The standard InChI is InChI=1S/C13H29N3O/c1-10(2)9-16-13(17)12(14)7-5-6-8-15-11(3)4/h10-12,15H,5-9,14H2,1-4H3,(H,16,17)/t12-/m1/s1. The lowest BCUT2D eigenvalue weighted by Gasteiger charge is -2.14. The van der Waals surface area contributed by atoms with Gasteiger partial charge in [-0.25, -0.2) is 0 Å². The monoisotopic (exact) mass is 243 g/mol. The van der Waals surface area contributed by atoms with Crippen LogP contribution in [0.2, 0.25) is 0 Å². The second kappa shape index (κ2) is 9.42. The van der Waals surface area contributed by atoms with E-state index in [1.54, 1.807) is 0 Å². The van der Waals surface area contributed by atoms with E-state index in [1.807, 2.05) is 0 Å². The molecule has 0 saturated heterocycles. The molecule has 0 spiro atoms. The number of carbonyl (C=O) groups is 1. The van der Waals surface area contributed by atoms with Gasteiger partial charge in [0.15, 0.2) is 0 Å². The van der Waals surface area contributed by atoms with Crippen LogP contribution in [0.15, 0.2) is 0 Å². The number of hydrogen-bond donors (Lipinski definition) is 3. The Morgan fingerprint density at radius 3 is 2.35 bits per heavy atom. The van der Waals surface area contributed by atoms with E-state index in [2.05, 4.69) is 38.3 Å². The molecule has 0 bridgehead atoms. The average molecular weight is 243 g/mol. The van der Waals surface area contributed by atoms with Crippen molar-refractivity contribution < 1.29 is 4.79 Å². The highest BCUT2D eigenvalue weighted by Crippen LogP contribution is 1.99. The first-order valence-corrected chi connectivity index (χ1v) is 6.70. The van der Waals surface area contributed by atoms with E-state index in [0.29, 0.717) is 18.5 Å². The summed E-state index contributed by atoms with van der Waals surface area (Å²) >= 11 is 0. The molecule has 0 heterocycles. The molecule has 1 amide bonds. The van der Waals surface area contributed by atoms with E-state index < -0.39 is 0 Å². The quantitative estimate of drug-likeness (QED) is 0.534. The van der Waals surface area contributed by atoms with Crippen molar-refractivity contribution in [1.29, 1.82) is 0 Å². The summed E-state index contributed by atoms with van der Waals surface area (Å²) in [4.78, 5) is 11.6. The molecule has 4 heteroatoms. The number of amides is 1. The van der Waals surface area contributed by atoms with Crippen molar-refractivity contribution in [1.82, 2.24) is 10.6 Å². The van der Waals surface area contributed by atoms with Gasteiger partial charge in [0.1, 0.15) is 0 Å². The summed E-state index contributed by atoms with van der Waals surface area (Å²) in [5.41, 5.74) is 5.81. The number of hydrogen-bond acceptors (Lipinski definition) is 3. The van der Waals surface area contributed by atoms with Crippen LogP contribution in [0.1, 0.15) is 47.0 Å². The molecule has 0 radical (unpaired) electrons. The molecule has 1 atom stereocenters. The maximum atomic E-state index is 11.6. The SMILES string of the molecule is CC(C)CNC(=O)[C@H](N)CCCCNC(C)C. The molecule has 17 heavy (non-hydrogen) atoms. The zero-order valence-corrected chi connectivity index (χ0v) is 11.8. The Bertz CT molecular complexity index is 205. The summed E-state index contributed by atoms with van der Waals surface area (Å²) in [6.07, 6.45) is 2.84. The van der Waals surface area contributed by atoms with E-state index in [4.69, 9.17) is 5.73 Å². The fourth-order valence-electron chi connectivity index (χ4n) is 1.45. The second-order valence-corrected chi connectivity index (χ2v) is 5.35. The molecule has 0 fully saturated rings. The van der Waals surface area contributed by atoms with Crippen LogP contribution in [0, 0.1) is 5.92 Å². The Morgan fingerprint density at radius 2 is 1.82 bits per heavy atom. The van der Waals surface area contributed by atoms with Crippen molar-refractivity contribution >= 4 is 5.91 Å². The Balaban J connectivity index is 3.50. The van der Waals surface area contributed by atoms with Crippen molar-refractivity contribution in [2.24, 2.45) is 11.7 Å². The first kappa shape index (κ1) is 16.4. The smallest absolute Gasteiger partial charge is 0.236 e. The Kier molecular flexibility index (Phi) is 9.09. The van der Waals surface area contributed by atoms with E-state index in [-0.39, 0.29) is 11.9 Å². The molecule has 0 saturated carbocycles. The largest absolute Gasteiger partial charge is 0.354 e. The lowest BCUT2D eigenvalue weighted by atomic mass is 10.1. The van der Waals surface area contributed by atoms with Gasteiger partial charge in [-0.15, -0.1) is 0 Å². The molecular weight excluding hydrogens is 214 g/mol. The predicted octanol–water partition coefficient (Wildman–Crippen LogP) is 1.25. The third-order valence-electron chi connectivity index (χ3n) is 2.52. The van der Waals surface area contributed by atoms with Gasteiger partial charge in [0.05, 0.1) is 6.04 Å². The summed E-state index contributed by atoms with van der Waals surface area (Å²) in [6, 6.07) is 0.172. The van der Waals surface area contributed by atoms with Crippen molar-refractivity contribution in [3.05, 3.63) is 0 Å². The highest BCUT2D eigenvalue weighted by atomic mass is 16.2. The van der Waals surface area contributed by atoms with Gasteiger partial charge in [0, 0.05) is 12.6 Å². The van der Waals surface area contributed by atoms with Gasteiger partial charge < -0.3 is 16.4 Å². The van der Waals surface area contributed by atoms with Crippen LogP contribution < -0.4 is 16.4 Å². The van der Waals surface area contributed by atoms with E-state index >= 15 is 0 Å². The van der Waals surface area contributed by atoms with Gasteiger partial charge in [0.2, 0.25) is 5.91 Å². The highest BCUT2D eigenvalue weighted by molar-refractivity contribution is 5.81. The first-order chi connectivity index (χ1) is 7.93. The second-order valence-electron chi connectivity index (χ2n) is 5.35. The van der Waals surface area contributed by atoms with E-state index in [1.165, 1.54) is 0 Å². The van der Waals surface area contributed by atoms with Crippen LogP contribution in [-0.4, -0.2) is 31.1 Å². The maximum absolute atomic E-state index is 11.6. The maximum Gasteiger partial charge on any atom is 0.236 e. The number of unbranched alkanes of at least 4 members (excludes halogenated alkanes) is 1. The van der Waals surface area contributed by atoms with Crippen molar-refractivity contribution in [2.45, 2.75) is 59.0 Å². The molecule has 0 unspecified atom stereocenters. The summed E-state index contributed by atoms with van der Waals surface area (Å²) in [6.45, 7) is 10.1. The predicted molar refractivity (Wildman–Crippen MR) is 72.8 cm³/mol. The summed E-state index contributed by atoms with van der Waals surface area (Å²) in [5, 5.41) is 6.21. The van der Waals surface area contributed by atoms with Crippen LogP contribution in [0.4, 0.5) is 0 Å². The van der Waals surface area contributed by atoms with Crippen LogP contribution in [0.25, 0.3) is 0 Å². The zero-order chi connectivity index (χ0) is 13.3. The number of carbonyl (C=O) groups excluding carboxylic acids is 1. The summed E-state index contributed by atoms with van der Waals surface area (Å²) in [7, 11) is 0. The fraction of sp³-hybridized carbons (Fsp3) is 0.923. The lowest BCUT2D eigenvalue weighted by Crippen LogP contribution is -2.41. The summed E-state index contributed by atoms with van der Waals surface area (Å²) < 4.78 is 0. The highest BCUT2D eigenvalue weighted by Gasteiger charge is 2.12. The Morgan fingerprint density at radius 1 is 1.18 bits per heavy atom. The van der Waals surface area contributed by atoms with Crippen molar-refractivity contribution in [3.63, 3.8) is 0 Å². The molecule has 0 aliphatic carbocycles. The molecule has 0 rings (SSSR count). The lowest BCUT2D eigenvalue weighted by molar-refractivity contribution is -0.122. The first-order valence-electron chi connectivity index (χ1n) is 6.70. The third kappa shape index (κ3) is 10.3. The molecule has 0 aliphatic rings. The van der Waals surface area contributed by atoms with Crippen LogP contribution in [0.5, 0.6) is 0 Å². The Hall–Kier alpha value is -0.610. The molecule has 4 N–H and O–H groups in total. The minimum absolute atomic E-state index is 0.0180. The van der Waals surface area contributed by atoms with Crippen molar-refractivity contribution in [3.8, 4) is 0 Å². The van der Waals surface area contributed by atoms with Crippen molar-refractivity contribution in [2.75, 3.05) is 13.1 Å². The molecule has 102 valence electrons. The molecule has 0 aliphatic heterocycles. The van der Waals surface area contributed by atoms with E-state index in [9.17, 15) is 4.79 Å². The fourth-order valence-corrected chi connectivity index (χ4v) is 1.45. The molecule has 0 aromatic carbocycles. The van der Waals surface area contributed by atoms with Gasteiger partial charge in [-0.3, -0.25) is 4.79 Å². The topological polar surface area (TPSA) is 67.2 Å². The molecule has 0 aromatic heterocycles. The van der Waals surface area contributed by atoms with Gasteiger partial charge in [-0.1, -0.05) is 34.1 Å². The molecule has 0 aromatic rings. The minimum Gasteiger partial charge on any atom is -0.354 e. The number of nitrogens with one attached hydrogen (secondary N) is 2. The van der Waals surface area contributed by atoms with Gasteiger partial charge >= 0.3 is 0 Å². The minimum atomic E-state index is -0.354. The van der Waals surface area contributed by atoms with Crippen LogP contribution in [-0.2, 0) is 4.79 Å². The molecular formula is C13H29N3O. The number of rotatable bonds is 9.